The van der Waals surface area contributed by atoms with Crippen molar-refractivity contribution in [3.05, 3.63) is 101 Å². The van der Waals surface area contributed by atoms with Crippen molar-refractivity contribution in [2.24, 2.45) is 4.99 Å². The Balaban J connectivity index is 1.89. The lowest BCUT2D eigenvalue weighted by Crippen LogP contribution is -2.22. The number of benzene rings is 2. The topological polar surface area (TPSA) is 17.3 Å². The number of hydrogen-bond acceptors (Lipinski definition) is 1. The second-order valence-corrected chi connectivity index (χ2v) is 7.07. The zero-order chi connectivity index (χ0) is 22.2. The highest BCUT2D eigenvalue weighted by molar-refractivity contribution is 6.42. The lowest BCUT2D eigenvalue weighted by atomic mass is 10.1. The summed E-state index contributed by atoms with van der Waals surface area (Å²) in [5.41, 5.74) is 0.0638. The quantitative estimate of drug-likeness (QED) is 0.332. The molecule has 4 rings (SSSR count). The number of hydrogen-bond donors (Lipinski definition) is 0. The molecule has 0 saturated carbocycles. The molecule has 0 unspecified atom stereocenters. The van der Waals surface area contributed by atoms with E-state index in [2.05, 4.69) is 4.99 Å². The molecule has 2 nitrogen and oxygen atoms in total. The molecule has 0 N–H and O–H groups in total. The molecule has 2 aromatic carbocycles. The van der Waals surface area contributed by atoms with Crippen LogP contribution in [0.5, 0.6) is 0 Å². The molecule has 1 aliphatic heterocycles. The Morgan fingerprint density at radius 2 is 1.52 bits per heavy atom. The first-order chi connectivity index (χ1) is 14.8. The van der Waals surface area contributed by atoms with Crippen LogP contribution in [0.1, 0.15) is 16.8 Å². The summed E-state index contributed by atoms with van der Waals surface area (Å²) in [6, 6.07) is 17.7. The fourth-order valence-electron chi connectivity index (χ4n) is 3.51. The van der Waals surface area contributed by atoms with Crippen LogP contribution in [0.2, 0.25) is 0 Å². The minimum atomic E-state index is -4.88. The minimum absolute atomic E-state index is 0.00147. The summed E-state index contributed by atoms with van der Waals surface area (Å²) in [6.07, 6.45) is -2.22. The van der Waals surface area contributed by atoms with E-state index in [1.165, 1.54) is 18.2 Å². The minimum Gasteiger partial charge on any atom is -0.325 e. The Kier molecular flexibility index (Phi) is 5.39. The normalized spacial score (nSPS) is 15.2. The van der Waals surface area contributed by atoms with Gasteiger partial charge in [-0.2, -0.15) is 13.2 Å². The average molecular weight is 426 g/mol. The van der Waals surface area contributed by atoms with Gasteiger partial charge in [-0.05, 0) is 36.8 Å². The molecule has 156 valence electrons. The highest BCUT2D eigenvalue weighted by Gasteiger charge is 2.41. The second-order valence-electron chi connectivity index (χ2n) is 7.07. The first-order valence-electron chi connectivity index (χ1n) is 9.46. The van der Waals surface area contributed by atoms with Crippen molar-refractivity contribution in [2.45, 2.75) is 13.1 Å². The van der Waals surface area contributed by atoms with Crippen molar-refractivity contribution in [2.75, 3.05) is 0 Å². The van der Waals surface area contributed by atoms with Gasteiger partial charge in [0.15, 0.2) is 0 Å². The van der Waals surface area contributed by atoms with Gasteiger partial charge in [0.2, 0.25) is 0 Å². The van der Waals surface area contributed by atoms with Crippen molar-refractivity contribution in [1.82, 2.24) is 4.48 Å². The maximum absolute atomic E-state index is 14.1. The predicted octanol–water partition coefficient (Wildman–Crippen LogP) is 6.57. The first-order valence-corrected chi connectivity index (χ1v) is 9.46. The molecule has 0 fully saturated rings. The molecule has 0 amide bonds. The number of aliphatic imine (C=N–C) groups is 1. The van der Waals surface area contributed by atoms with Crippen molar-refractivity contribution in [3.63, 3.8) is 0 Å². The van der Waals surface area contributed by atoms with E-state index in [-0.39, 0.29) is 5.69 Å². The molecular weight excluding hydrogens is 410 g/mol. The van der Waals surface area contributed by atoms with Gasteiger partial charge in [-0.1, -0.05) is 60.2 Å². The van der Waals surface area contributed by atoms with E-state index in [1.54, 1.807) is 54.6 Å². The van der Waals surface area contributed by atoms with E-state index in [1.807, 2.05) is 6.92 Å². The maximum atomic E-state index is 14.1. The highest BCUT2D eigenvalue weighted by Crippen LogP contribution is 2.41. The molecule has 3 aromatic rings. The van der Waals surface area contributed by atoms with Gasteiger partial charge in [0.05, 0.1) is 11.4 Å². The molecular formula is C23H16BF5N2. The van der Waals surface area contributed by atoms with Crippen LogP contribution in [-0.4, -0.2) is 23.8 Å². The summed E-state index contributed by atoms with van der Waals surface area (Å²) in [6.45, 7) is 1.84. The Morgan fingerprint density at radius 1 is 0.839 bits per heavy atom. The van der Waals surface area contributed by atoms with Crippen LogP contribution in [0.25, 0.3) is 16.8 Å². The molecule has 0 atom stereocenters. The van der Waals surface area contributed by atoms with Crippen molar-refractivity contribution in [3.8, 4) is 11.3 Å². The molecule has 0 aliphatic carbocycles. The van der Waals surface area contributed by atoms with Crippen LogP contribution in [0.15, 0.2) is 89.6 Å². The van der Waals surface area contributed by atoms with E-state index < -0.39 is 30.5 Å². The second kappa shape index (κ2) is 8.02. The largest absolute Gasteiger partial charge is 0.678 e. The van der Waals surface area contributed by atoms with E-state index in [0.717, 1.165) is 11.6 Å². The van der Waals surface area contributed by atoms with Crippen molar-refractivity contribution < 1.29 is 21.8 Å². The number of aromatic nitrogens is 1. The summed E-state index contributed by atoms with van der Waals surface area (Å²) in [7, 11) is -3.16. The number of alkyl halides is 3. The molecule has 0 spiro atoms. The van der Waals surface area contributed by atoms with Crippen LogP contribution < -0.4 is 0 Å². The van der Waals surface area contributed by atoms with Gasteiger partial charge < -0.3 is 4.48 Å². The van der Waals surface area contributed by atoms with Gasteiger partial charge in [0.1, 0.15) is 5.57 Å². The third-order valence-electron chi connectivity index (χ3n) is 4.97. The zero-order valence-electron chi connectivity index (χ0n) is 16.4. The molecule has 31 heavy (non-hydrogen) atoms. The van der Waals surface area contributed by atoms with Crippen LogP contribution in [-0.2, 0) is 0 Å². The van der Waals surface area contributed by atoms with Gasteiger partial charge in [0, 0.05) is 17.0 Å². The van der Waals surface area contributed by atoms with Gasteiger partial charge in [-0.25, -0.2) is 4.99 Å². The Labute approximate surface area is 176 Å². The maximum Gasteiger partial charge on any atom is 0.678 e. The Morgan fingerprint density at radius 3 is 2.13 bits per heavy atom. The van der Waals surface area contributed by atoms with E-state index >= 15 is 0 Å². The van der Waals surface area contributed by atoms with Gasteiger partial charge in [-0.3, -0.25) is 8.63 Å². The van der Waals surface area contributed by atoms with Gasteiger partial charge >= 0.3 is 13.6 Å². The average Bonchev–Trinajstić information content (AvgIpc) is 3.36. The standard InChI is InChI=1S/C23H16BF5N2/c1-15-7-9-17(10-8-15)20-13-14-21(31(20)24(28)29)22(23(25,26)27)19-12-11-18(30-19)16-5-3-2-4-6-16/h2-14H,1H3/b22-19+. The number of allylic oxidation sites excluding steroid dienone is 3. The fourth-order valence-corrected chi connectivity index (χ4v) is 3.51. The zero-order valence-corrected chi connectivity index (χ0v) is 16.4. The van der Waals surface area contributed by atoms with Crippen molar-refractivity contribution in [1.29, 1.82) is 0 Å². The van der Waals surface area contributed by atoms with Gasteiger partial charge in [0.25, 0.3) is 0 Å². The molecule has 1 aliphatic rings. The lowest BCUT2D eigenvalue weighted by Gasteiger charge is -2.17. The third-order valence-corrected chi connectivity index (χ3v) is 4.97. The SMILES string of the molecule is Cc1ccc(-c2ccc(/C(=C3/C=CC(c4ccccc4)=N3)C(F)(F)F)n2B(F)F)cc1. The number of aryl methyl sites for hydroxylation is 1. The van der Waals surface area contributed by atoms with Crippen LogP contribution in [0, 0.1) is 6.92 Å². The smallest absolute Gasteiger partial charge is 0.325 e. The molecule has 0 bridgehead atoms. The van der Waals surface area contributed by atoms with E-state index in [0.29, 0.717) is 21.3 Å². The van der Waals surface area contributed by atoms with E-state index in [9.17, 15) is 21.8 Å². The van der Waals surface area contributed by atoms with Crippen LogP contribution in [0.4, 0.5) is 21.8 Å². The summed E-state index contributed by atoms with van der Waals surface area (Å²) < 4.78 is 70.6. The summed E-state index contributed by atoms with van der Waals surface area (Å²) in [5, 5.41) is 0. The fraction of sp³-hybridized carbons (Fsp3) is 0.0870. The first kappa shape index (κ1) is 20.8. The summed E-state index contributed by atoms with van der Waals surface area (Å²) in [4.78, 5) is 4.10. The molecule has 1 aromatic heterocycles. The third kappa shape index (κ3) is 4.10. The number of rotatable bonds is 4. The highest BCUT2D eigenvalue weighted by atomic mass is 19.4. The number of nitrogens with zero attached hydrogens (tertiary/aromatic N) is 2. The molecule has 0 saturated heterocycles. The molecule has 0 radical (unpaired) electrons. The summed E-state index contributed by atoms with van der Waals surface area (Å²) in [5.74, 6) is 0. The van der Waals surface area contributed by atoms with E-state index in [4.69, 9.17) is 0 Å². The monoisotopic (exact) mass is 426 g/mol. The number of halogens is 5. The van der Waals surface area contributed by atoms with Gasteiger partial charge in [-0.15, -0.1) is 0 Å². The van der Waals surface area contributed by atoms with Crippen molar-refractivity contribution >= 4 is 18.7 Å². The summed E-state index contributed by atoms with van der Waals surface area (Å²) >= 11 is 0. The Hall–Kier alpha value is -3.42. The molecule has 8 heteroatoms. The predicted molar refractivity (Wildman–Crippen MR) is 113 cm³/mol. The molecule has 2 heterocycles. The lowest BCUT2D eigenvalue weighted by molar-refractivity contribution is -0.0696. The van der Waals surface area contributed by atoms with Crippen LogP contribution >= 0.6 is 0 Å². The Bertz CT molecular complexity index is 1190. The van der Waals surface area contributed by atoms with Crippen LogP contribution in [0.3, 0.4) is 0 Å².